The molecule has 0 N–H and O–H groups in total. The zero-order chi connectivity index (χ0) is 13.4. The molecule has 3 rings (SSSR count). The highest BCUT2D eigenvalue weighted by molar-refractivity contribution is 7.99. The molecule has 1 heterocycles. The Morgan fingerprint density at radius 3 is 2.74 bits per heavy atom. The molecule has 0 amide bonds. The van der Waals surface area contributed by atoms with Gasteiger partial charge >= 0.3 is 0 Å². The molecule has 2 aromatic carbocycles. The largest absolute Gasteiger partial charge is 0.207 e. The fraction of sp³-hybridized carbons (Fsp3) is 0.235. The normalized spacial score (nSPS) is 13.5. The second kappa shape index (κ2) is 4.93. The van der Waals surface area contributed by atoms with Crippen LogP contribution in [0.4, 0.5) is 4.39 Å². The topological polar surface area (TPSA) is 0 Å². The Labute approximate surface area is 118 Å². The van der Waals surface area contributed by atoms with Crippen LogP contribution < -0.4 is 0 Å². The molecule has 1 aliphatic rings. The van der Waals surface area contributed by atoms with Crippen LogP contribution in [-0.4, -0.2) is 0 Å². The van der Waals surface area contributed by atoms with Crippen molar-refractivity contribution in [1.29, 1.82) is 0 Å². The quantitative estimate of drug-likeness (QED) is 0.642. The molecular weight excluding hydrogens is 255 g/mol. The highest BCUT2D eigenvalue weighted by atomic mass is 32.2. The van der Waals surface area contributed by atoms with Gasteiger partial charge in [0.05, 0.1) is 0 Å². The highest BCUT2D eigenvalue weighted by Crippen LogP contribution is 2.39. The first-order valence-electron chi connectivity index (χ1n) is 6.57. The van der Waals surface area contributed by atoms with Crippen molar-refractivity contribution in [3.8, 4) is 0 Å². The Hall–Kier alpha value is -1.41. The van der Waals surface area contributed by atoms with Crippen molar-refractivity contribution < 1.29 is 4.39 Å². The summed E-state index contributed by atoms with van der Waals surface area (Å²) in [5.74, 6) is 0.375. The van der Waals surface area contributed by atoms with Gasteiger partial charge in [-0.15, -0.1) is 11.6 Å². The van der Waals surface area contributed by atoms with Crippen LogP contribution in [0.1, 0.15) is 36.5 Å². The first-order valence-corrected chi connectivity index (χ1v) is 7.38. The minimum absolute atomic E-state index is 0.159. The third kappa shape index (κ3) is 2.50. The van der Waals surface area contributed by atoms with Gasteiger partial charge < -0.3 is 0 Å². The predicted octanol–water partition coefficient (Wildman–Crippen LogP) is 5.21. The molecule has 98 valence electrons. The van der Waals surface area contributed by atoms with Crippen molar-refractivity contribution >= 4 is 11.8 Å². The van der Waals surface area contributed by atoms with Gasteiger partial charge in [-0.05, 0) is 23.6 Å². The van der Waals surface area contributed by atoms with Gasteiger partial charge in [0.25, 0.3) is 0 Å². The van der Waals surface area contributed by atoms with Crippen LogP contribution in [0.2, 0.25) is 0 Å². The molecule has 1 aliphatic heterocycles. The lowest BCUT2D eigenvalue weighted by Gasteiger charge is -2.18. The lowest BCUT2D eigenvalue weighted by Crippen LogP contribution is -1.92. The molecule has 0 atom stereocenters. The summed E-state index contributed by atoms with van der Waals surface area (Å²) in [5.41, 5.74) is 3.83. The van der Waals surface area contributed by atoms with Gasteiger partial charge in [0, 0.05) is 4.90 Å². The van der Waals surface area contributed by atoms with Crippen molar-refractivity contribution in [3.63, 3.8) is 0 Å². The van der Waals surface area contributed by atoms with Crippen molar-refractivity contribution in [3.05, 3.63) is 65.3 Å². The summed E-state index contributed by atoms with van der Waals surface area (Å²) in [4.78, 5) is 2.25. The van der Waals surface area contributed by atoms with Gasteiger partial charge in [-0.2, -0.15) is 29.8 Å². The molecule has 0 bridgehead atoms. The molecule has 0 radical (unpaired) electrons. The monoisotopic (exact) mass is 271 g/mol. The standard InChI is InChI=1S/C17H16FS/c1-11(2)13-6-8-16-14(9-13)4-3-12-5-7-15(18)10-17(12)19-16/h4-11H,3H2,1-2H3/q-1. The zero-order valence-electron chi connectivity index (χ0n) is 11.1. The van der Waals surface area contributed by atoms with E-state index in [0.29, 0.717) is 5.92 Å². The fourth-order valence-corrected chi connectivity index (χ4v) is 3.40. The summed E-state index contributed by atoms with van der Waals surface area (Å²) in [5, 5.41) is 0. The Kier molecular flexibility index (Phi) is 3.28. The molecule has 0 fully saturated rings. The first kappa shape index (κ1) is 12.6. The van der Waals surface area contributed by atoms with Gasteiger partial charge in [0.15, 0.2) is 0 Å². The van der Waals surface area contributed by atoms with E-state index < -0.39 is 0 Å². The lowest BCUT2D eigenvalue weighted by atomic mass is 9.98. The second-order valence-electron chi connectivity index (χ2n) is 5.21. The number of rotatable bonds is 1. The number of benzene rings is 2. The van der Waals surface area contributed by atoms with E-state index in [4.69, 9.17) is 0 Å². The van der Waals surface area contributed by atoms with Gasteiger partial charge in [0.2, 0.25) is 0 Å². The van der Waals surface area contributed by atoms with Crippen LogP contribution in [0.5, 0.6) is 0 Å². The summed E-state index contributed by atoms with van der Waals surface area (Å²) >= 11 is 1.67. The summed E-state index contributed by atoms with van der Waals surface area (Å²) in [6, 6.07) is 11.7. The maximum Gasteiger partial charge on any atom is 0.124 e. The van der Waals surface area contributed by atoms with E-state index in [1.165, 1.54) is 21.6 Å². The summed E-state index contributed by atoms with van der Waals surface area (Å²) in [6.07, 6.45) is 3.12. The first-order chi connectivity index (χ1) is 9.13. The molecule has 0 unspecified atom stereocenters. The average molecular weight is 271 g/mol. The van der Waals surface area contributed by atoms with Crippen molar-refractivity contribution in [2.24, 2.45) is 0 Å². The molecule has 0 saturated heterocycles. The minimum Gasteiger partial charge on any atom is -0.207 e. The lowest BCUT2D eigenvalue weighted by molar-refractivity contribution is 0.623. The van der Waals surface area contributed by atoms with E-state index in [9.17, 15) is 4.39 Å². The van der Waals surface area contributed by atoms with Crippen LogP contribution in [0.25, 0.3) is 0 Å². The fourth-order valence-electron chi connectivity index (χ4n) is 2.31. The van der Waals surface area contributed by atoms with E-state index in [-0.39, 0.29) is 5.82 Å². The van der Waals surface area contributed by atoms with Crippen molar-refractivity contribution in [2.45, 2.75) is 36.0 Å². The van der Waals surface area contributed by atoms with Crippen LogP contribution in [0.3, 0.4) is 0 Å². The van der Waals surface area contributed by atoms with Crippen LogP contribution in [0, 0.1) is 12.2 Å². The predicted molar refractivity (Wildman–Crippen MR) is 78.2 cm³/mol. The zero-order valence-corrected chi connectivity index (χ0v) is 11.9. The highest BCUT2D eigenvalue weighted by Gasteiger charge is 2.09. The van der Waals surface area contributed by atoms with Gasteiger partial charge in [-0.3, -0.25) is 0 Å². The van der Waals surface area contributed by atoms with E-state index in [0.717, 1.165) is 11.3 Å². The molecule has 0 nitrogen and oxygen atoms in total. The maximum atomic E-state index is 13.3. The van der Waals surface area contributed by atoms with Gasteiger partial charge in [-0.1, -0.05) is 37.3 Å². The SMILES string of the molecule is CC(C)c1ccc2c(c1)[CH-]Cc1ccc(F)cc1S2. The molecule has 2 heteroatoms. The van der Waals surface area contributed by atoms with Crippen LogP contribution in [0.15, 0.2) is 46.2 Å². The maximum absolute atomic E-state index is 13.3. The van der Waals surface area contributed by atoms with Gasteiger partial charge in [0.1, 0.15) is 5.82 Å². The van der Waals surface area contributed by atoms with Crippen molar-refractivity contribution in [1.82, 2.24) is 0 Å². The Morgan fingerprint density at radius 1 is 1.11 bits per heavy atom. The molecule has 0 aliphatic carbocycles. The van der Waals surface area contributed by atoms with E-state index in [1.807, 2.05) is 6.07 Å². The van der Waals surface area contributed by atoms with E-state index in [2.05, 4.69) is 38.5 Å². The van der Waals surface area contributed by atoms with Crippen LogP contribution in [-0.2, 0) is 6.42 Å². The third-order valence-electron chi connectivity index (χ3n) is 3.49. The molecule has 0 saturated carbocycles. The molecule has 19 heavy (non-hydrogen) atoms. The molecular formula is C17H16FS-. The summed E-state index contributed by atoms with van der Waals surface area (Å²) in [6.45, 7) is 4.41. The molecule has 0 spiro atoms. The Balaban J connectivity index is 2.02. The molecule has 2 aromatic rings. The number of hydrogen-bond donors (Lipinski definition) is 0. The van der Waals surface area contributed by atoms with Crippen LogP contribution >= 0.6 is 11.8 Å². The van der Waals surface area contributed by atoms with Crippen molar-refractivity contribution in [2.75, 3.05) is 0 Å². The van der Waals surface area contributed by atoms with Gasteiger partial charge in [-0.25, -0.2) is 4.39 Å². The number of halogens is 1. The van der Waals surface area contributed by atoms with E-state index >= 15 is 0 Å². The second-order valence-corrected chi connectivity index (χ2v) is 6.30. The third-order valence-corrected chi connectivity index (χ3v) is 4.68. The summed E-state index contributed by atoms with van der Waals surface area (Å²) < 4.78 is 13.3. The smallest absolute Gasteiger partial charge is 0.124 e. The Bertz CT molecular complexity index is 617. The van der Waals surface area contributed by atoms with E-state index in [1.54, 1.807) is 23.9 Å². The number of hydrogen-bond acceptors (Lipinski definition) is 1. The summed E-state index contributed by atoms with van der Waals surface area (Å²) in [7, 11) is 0. The Morgan fingerprint density at radius 2 is 1.95 bits per heavy atom. The molecule has 0 aromatic heterocycles. The average Bonchev–Trinajstić information content (AvgIpc) is 2.56. The number of fused-ring (bicyclic) bond motifs is 2. The minimum atomic E-state index is -0.159.